The maximum Gasteiger partial charge on any atom is 0.230 e. The first kappa shape index (κ1) is 15.3. The molecule has 0 spiro atoms. The van der Waals surface area contributed by atoms with E-state index in [-0.39, 0.29) is 5.41 Å². The van der Waals surface area contributed by atoms with E-state index in [4.69, 9.17) is 5.73 Å². The number of likely N-dealkylation sites (tertiary alicyclic amines) is 2. The molecule has 4 nitrogen and oxygen atoms in total. The number of rotatable bonds is 4. The van der Waals surface area contributed by atoms with Crippen LogP contribution in [0.3, 0.4) is 0 Å². The standard InChI is InChI=1S/C17H31N3O/c1-14-10-17(11-14,13-18)16(21)20-8-4-15(5-9-20)12-19-6-2-3-7-19/h14-15H,2-13,18H2,1H3. The van der Waals surface area contributed by atoms with Gasteiger partial charge in [-0.25, -0.2) is 0 Å². The van der Waals surface area contributed by atoms with Gasteiger partial charge in [0.25, 0.3) is 0 Å². The molecule has 0 bridgehead atoms. The van der Waals surface area contributed by atoms with Gasteiger partial charge in [0.05, 0.1) is 5.41 Å². The topological polar surface area (TPSA) is 49.6 Å². The van der Waals surface area contributed by atoms with Crippen LogP contribution >= 0.6 is 0 Å². The highest BCUT2D eigenvalue weighted by Gasteiger charge is 2.49. The number of hydrogen-bond donors (Lipinski definition) is 1. The highest BCUT2D eigenvalue weighted by atomic mass is 16.2. The van der Waals surface area contributed by atoms with Gasteiger partial charge in [-0.3, -0.25) is 4.79 Å². The molecule has 1 amide bonds. The third-order valence-electron chi connectivity index (χ3n) is 5.94. The molecule has 1 aliphatic carbocycles. The molecule has 0 aromatic rings. The van der Waals surface area contributed by atoms with Crippen LogP contribution in [0.1, 0.15) is 45.4 Å². The van der Waals surface area contributed by atoms with Gasteiger partial charge >= 0.3 is 0 Å². The Kier molecular flexibility index (Phi) is 4.55. The summed E-state index contributed by atoms with van der Waals surface area (Å²) in [6, 6.07) is 0. The second-order valence-corrected chi connectivity index (χ2v) is 7.74. The SMILES string of the molecule is CC1CC(CN)(C(=O)N2CCC(CN3CCCC3)CC2)C1. The van der Waals surface area contributed by atoms with E-state index in [9.17, 15) is 4.79 Å². The molecular weight excluding hydrogens is 262 g/mol. The lowest BCUT2D eigenvalue weighted by molar-refractivity contribution is -0.151. The molecule has 2 aliphatic heterocycles. The van der Waals surface area contributed by atoms with Crippen LogP contribution < -0.4 is 5.73 Å². The molecule has 3 rings (SSSR count). The summed E-state index contributed by atoms with van der Waals surface area (Å²) in [6.45, 7) is 8.48. The number of amides is 1. The molecule has 2 N–H and O–H groups in total. The van der Waals surface area contributed by atoms with Crippen molar-refractivity contribution in [3.8, 4) is 0 Å². The third-order valence-corrected chi connectivity index (χ3v) is 5.94. The summed E-state index contributed by atoms with van der Waals surface area (Å²) >= 11 is 0. The molecule has 2 heterocycles. The van der Waals surface area contributed by atoms with E-state index < -0.39 is 0 Å². The Hall–Kier alpha value is -0.610. The van der Waals surface area contributed by atoms with Gasteiger partial charge in [0.2, 0.25) is 5.91 Å². The van der Waals surface area contributed by atoms with Crippen molar-refractivity contribution in [2.45, 2.75) is 45.4 Å². The summed E-state index contributed by atoms with van der Waals surface area (Å²) in [4.78, 5) is 17.5. The lowest BCUT2D eigenvalue weighted by Gasteiger charge is -2.48. The molecule has 1 saturated carbocycles. The van der Waals surface area contributed by atoms with Crippen LogP contribution in [0.25, 0.3) is 0 Å². The smallest absolute Gasteiger partial charge is 0.230 e. The number of piperidine rings is 1. The Labute approximate surface area is 129 Å². The highest BCUT2D eigenvalue weighted by Crippen LogP contribution is 2.46. The van der Waals surface area contributed by atoms with Crippen molar-refractivity contribution >= 4 is 5.91 Å². The zero-order valence-electron chi connectivity index (χ0n) is 13.5. The van der Waals surface area contributed by atoms with Gasteiger partial charge in [-0.2, -0.15) is 0 Å². The molecule has 3 fully saturated rings. The van der Waals surface area contributed by atoms with Crippen molar-refractivity contribution < 1.29 is 4.79 Å². The van der Waals surface area contributed by atoms with E-state index in [0.717, 1.165) is 31.8 Å². The summed E-state index contributed by atoms with van der Waals surface area (Å²) in [7, 11) is 0. The van der Waals surface area contributed by atoms with Gasteiger partial charge < -0.3 is 15.5 Å². The lowest BCUT2D eigenvalue weighted by Crippen LogP contribution is -2.56. The fraction of sp³-hybridized carbons (Fsp3) is 0.941. The van der Waals surface area contributed by atoms with E-state index in [0.29, 0.717) is 18.4 Å². The van der Waals surface area contributed by atoms with Gasteiger partial charge in [-0.15, -0.1) is 0 Å². The van der Waals surface area contributed by atoms with Gasteiger partial charge in [-0.05, 0) is 63.5 Å². The van der Waals surface area contributed by atoms with Crippen LogP contribution in [0.2, 0.25) is 0 Å². The third kappa shape index (κ3) is 3.11. The summed E-state index contributed by atoms with van der Waals surface area (Å²) in [5.74, 6) is 1.81. The van der Waals surface area contributed by atoms with Crippen molar-refractivity contribution in [1.82, 2.24) is 9.80 Å². The minimum atomic E-state index is -0.207. The molecule has 3 aliphatic rings. The quantitative estimate of drug-likeness (QED) is 0.858. The second-order valence-electron chi connectivity index (χ2n) is 7.74. The number of nitrogens with zero attached hydrogens (tertiary/aromatic N) is 2. The normalized spacial score (nSPS) is 35.0. The van der Waals surface area contributed by atoms with E-state index in [1.807, 2.05) is 0 Å². The van der Waals surface area contributed by atoms with Crippen LogP contribution in [0.4, 0.5) is 0 Å². The fourth-order valence-electron chi connectivity index (χ4n) is 4.69. The van der Waals surface area contributed by atoms with Crippen LogP contribution in [0.5, 0.6) is 0 Å². The summed E-state index contributed by atoms with van der Waals surface area (Å²) in [5, 5.41) is 0. The molecule has 4 heteroatoms. The molecule has 2 saturated heterocycles. The van der Waals surface area contributed by atoms with E-state index >= 15 is 0 Å². The van der Waals surface area contributed by atoms with Crippen molar-refractivity contribution in [3.05, 3.63) is 0 Å². The van der Waals surface area contributed by atoms with Crippen LogP contribution in [0, 0.1) is 17.3 Å². The van der Waals surface area contributed by atoms with Crippen LogP contribution in [0.15, 0.2) is 0 Å². The average Bonchev–Trinajstić information content (AvgIpc) is 2.97. The average molecular weight is 293 g/mol. The molecule has 0 radical (unpaired) electrons. The monoisotopic (exact) mass is 293 g/mol. The number of carbonyl (C=O) groups is 1. The molecular formula is C17H31N3O. The number of carbonyl (C=O) groups excluding carboxylic acids is 1. The molecule has 21 heavy (non-hydrogen) atoms. The fourth-order valence-corrected chi connectivity index (χ4v) is 4.69. The second kappa shape index (κ2) is 6.25. The van der Waals surface area contributed by atoms with Gasteiger partial charge in [0.15, 0.2) is 0 Å². The van der Waals surface area contributed by atoms with E-state index in [1.54, 1.807) is 0 Å². The number of hydrogen-bond acceptors (Lipinski definition) is 3. The Morgan fingerprint density at radius 2 is 1.76 bits per heavy atom. The molecule has 0 aromatic heterocycles. The van der Waals surface area contributed by atoms with Gasteiger partial charge in [-0.1, -0.05) is 6.92 Å². The van der Waals surface area contributed by atoms with Gasteiger partial charge in [0.1, 0.15) is 0 Å². The highest BCUT2D eigenvalue weighted by molar-refractivity contribution is 5.84. The Morgan fingerprint density at radius 3 is 2.29 bits per heavy atom. The molecule has 0 atom stereocenters. The maximum atomic E-state index is 12.8. The van der Waals surface area contributed by atoms with Gasteiger partial charge in [0, 0.05) is 26.2 Å². The first-order chi connectivity index (χ1) is 10.1. The Balaban J connectivity index is 1.47. The van der Waals surface area contributed by atoms with Crippen LogP contribution in [-0.2, 0) is 4.79 Å². The van der Waals surface area contributed by atoms with Crippen molar-refractivity contribution in [2.24, 2.45) is 23.0 Å². The Morgan fingerprint density at radius 1 is 1.14 bits per heavy atom. The van der Waals surface area contributed by atoms with E-state index in [2.05, 4.69) is 16.7 Å². The zero-order chi connectivity index (χ0) is 14.9. The summed E-state index contributed by atoms with van der Waals surface area (Å²) in [5.41, 5.74) is 5.71. The largest absolute Gasteiger partial charge is 0.342 e. The van der Waals surface area contributed by atoms with Crippen molar-refractivity contribution in [2.75, 3.05) is 39.3 Å². The summed E-state index contributed by atoms with van der Waals surface area (Å²) < 4.78 is 0. The maximum absolute atomic E-state index is 12.8. The van der Waals surface area contributed by atoms with Crippen molar-refractivity contribution in [3.63, 3.8) is 0 Å². The molecule has 0 aromatic carbocycles. The first-order valence-corrected chi connectivity index (χ1v) is 8.85. The van der Waals surface area contributed by atoms with Crippen molar-refractivity contribution in [1.29, 1.82) is 0 Å². The zero-order valence-corrected chi connectivity index (χ0v) is 13.5. The van der Waals surface area contributed by atoms with E-state index in [1.165, 1.54) is 45.3 Å². The lowest BCUT2D eigenvalue weighted by atomic mass is 9.61. The predicted octanol–water partition coefficient (Wildman–Crippen LogP) is 1.70. The molecule has 120 valence electrons. The predicted molar refractivity (Wildman–Crippen MR) is 84.9 cm³/mol. The number of nitrogens with two attached hydrogens (primary N) is 1. The first-order valence-electron chi connectivity index (χ1n) is 8.85. The minimum absolute atomic E-state index is 0.207. The van der Waals surface area contributed by atoms with Crippen LogP contribution in [-0.4, -0.2) is 55.0 Å². The summed E-state index contributed by atoms with van der Waals surface area (Å²) in [6.07, 6.45) is 7.09. The minimum Gasteiger partial charge on any atom is -0.342 e. The molecule has 0 unspecified atom stereocenters. The Bertz CT molecular complexity index is 364.